The maximum absolute atomic E-state index is 12.4. The molecule has 0 saturated heterocycles. The molecule has 0 spiro atoms. The molecule has 0 aliphatic heterocycles. The molecule has 0 bridgehead atoms. The minimum atomic E-state index is -2.94. The van der Waals surface area contributed by atoms with Crippen molar-refractivity contribution in [3.05, 3.63) is 53.7 Å². The number of rotatable bonds is 10. The number of halogens is 2. The summed E-state index contributed by atoms with van der Waals surface area (Å²) in [5.41, 5.74) is 1.50. The number of carbonyl (C=O) groups excluding carboxylic acids is 1. The van der Waals surface area contributed by atoms with E-state index in [9.17, 15) is 13.6 Å². The van der Waals surface area contributed by atoms with Crippen molar-refractivity contribution in [1.29, 1.82) is 0 Å². The fourth-order valence-corrected chi connectivity index (χ4v) is 2.66. The van der Waals surface area contributed by atoms with Crippen molar-refractivity contribution in [1.82, 2.24) is 10.3 Å². The van der Waals surface area contributed by atoms with E-state index in [1.54, 1.807) is 18.3 Å². The zero-order valence-electron chi connectivity index (χ0n) is 16.7. The number of benzene rings is 1. The summed E-state index contributed by atoms with van der Waals surface area (Å²) in [6, 6.07) is 8.29. The van der Waals surface area contributed by atoms with Crippen LogP contribution in [-0.2, 0) is 11.3 Å². The number of anilines is 1. The molecule has 0 fully saturated rings. The first kappa shape index (κ1) is 22.1. The highest BCUT2D eigenvalue weighted by atomic mass is 19.3. The van der Waals surface area contributed by atoms with E-state index in [4.69, 9.17) is 4.74 Å². The fraction of sp³-hybridized carbons (Fsp3) is 0.333. The third-order valence-electron chi connectivity index (χ3n) is 4.19. The van der Waals surface area contributed by atoms with Crippen molar-refractivity contribution >= 4 is 17.8 Å². The first-order valence-corrected chi connectivity index (χ1v) is 9.25. The number of amides is 1. The van der Waals surface area contributed by atoms with Gasteiger partial charge >= 0.3 is 6.61 Å². The molecule has 0 aliphatic rings. The summed E-state index contributed by atoms with van der Waals surface area (Å²) < 4.78 is 34.1. The number of aromatic nitrogens is 1. The molecule has 2 aromatic rings. The highest BCUT2D eigenvalue weighted by molar-refractivity contribution is 5.91. The lowest BCUT2D eigenvalue weighted by atomic mass is 10.2. The van der Waals surface area contributed by atoms with Gasteiger partial charge in [-0.3, -0.25) is 4.79 Å². The maximum atomic E-state index is 12.4. The highest BCUT2D eigenvalue weighted by Crippen LogP contribution is 2.29. The van der Waals surface area contributed by atoms with E-state index < -0.39 is 6.61 Å². The lowest BCUT2D eigenvalue weighted by molar-refractivity contribution is -0.116. The Balaban J connectivity index is 1.92. The van der Waals surface area contributed by atoms with Gasteiger partial charge in [-0.05, 0) is 49.2 Å². The second-order valence-corrected chi connectivity index (χ2v) is 6.04. The first-order chi connectivity index (χ1) is 14.0. The molecule has 1 aromatic carbocycles. The van der Waals surface area contributed by atoms with Crippen LogP contribution < -0.4 is 19.7 Å². The summed E-state index contributed by atoms with van der Waals surface area (Å²) in [5, 5.41) is 2.78. The Morgan fingerprint density at radius 2 is 1.97 bits per heavy atom. The van der Waals surface area contributed by atoms with Crippen LogP contribution in [0.25, 0.3) is 6.08 Å². The van der Waals surface area contributed by atoms with Crippen molar-refractivity contribution in [2.24, 2.45) is 0 Å². The van der Waals surface area contributed by atoms with Crippen molar-refractivity contribution in [3.8, 4) is 11.5 Å². The number of methoxy groups -OCH3 is 1. The van der Waals surface area contributed by atoms with Crippen molar-refractivity contribution in [3.63, 3.8) is 0 Å². The lowest BCUT2D eigenvalue weighted by Crippen LogP contribution is -2.23. The van der Waals surface area contributed by atoms with Crippen molar-refractivity contribution in [2.45, 2.75) is 27.0 Å². The summed E-state index contributed by atoms with van der Waals surface area (Å²) in [6.45, 7) is 3.31. The number of pyridine rings is 1. The predicted octanol–water partition coefficient (Wildman–Crippen LogP) is 3.87. The maximum Gasteiger partial charge on any atom is 0.387 e. The molecule has 1 N–H and O–H groups in total. The third-order valence-corrected chi connectivity index (χ3v) is 4.19. The Hall–Kier alpha value is -3.16. The zero-order valence-corrected chi connectivity index (χ0v) is 16.7. The minimum Gasteiger partial charge on any atom is -0.493 e. The lowest BCUT2D eigenvalue weighted by Gasteiger charge is -2.19. The molecule has 1 amide bonds. The number of nitrogens with one attached hydrogen (secondary N) is 1. The third kappa shape index (κ3) is 6.74. The number of hydrogen-bond acceptors (Lipinski definition) is 5. The molecule has 8 heteroatoms. The number of ether oxygens (including phenoxy) is 2. The summed E-state index contributed by atoms with van der Waals surface area (Å²) in [7, 11) is 1.35. The van der Waals surface area contributed by atoms with Gasteiger partial charge in [-0.15, -0.1) is 0 Å². The van der Waals surface area contributed by atoms with Gasteiger partial charge in [-0.1, -0.05) is 12.1 Å². The Labute approximate surface area is 169 Å². The van der Waals surface area contributed by atoms with Gasteiger partial charge < -0.3 is 19.7 Å². The van der Waals surface area contributed by atoms with Crippen LogP contribution in [-0.4, -0.2) is 37.7 Å². The first-order valence-electron chi connectivity index (χ1n) is 9.25. The standard InChI is InChI=1S/C21H25F2N3O3/c1-4-26(5-2)19-10-7-16(13-24-19)14-25-20(27)11-8-15-6-9-17(29-21(22)23)18(12-15)28-3/h6-13,21H,4-5,14H2,1-3H3,(H,25,27)/b11-8+. The van der Waals surface area contributed by atoms with Gasteiger partial charge in [0.2, 0.25) is 5.91 Å². The van der Waals surface area contributed by atoms with E-state index in [1.807, 2.05) is 12.1 Å². The number of alkyl halides is 2. The molecule has 0 radical (unpaired) electrons. The predicted molar refractivity (Wildman–Crippen MR) is 108 cm³/mol. The SMILES string of the molecule is CCN(CC)c1ccc(CNC(=O)/C=C/c2ccc(OC(F)F)c(OC)c2)cn1. The molecule has 0 aliphatic carbocycles. The molecular formula is C21H25F2N3O3. The van der Waals surface area contributed by atoms with Crippen LogP contribution in [0.5, 0.6) is 11.5 Å². The van der Waals surface area contributed by atoms with E-state index in [1.165, 1.54) is 25.3 Å². The normalized spacial score (nSPS) is 11.0. The van der Waals surface area contributed by atoms with Gasteiger partial charge in [0.05, 0.1) is 7.11 Å². The van der Waals surface area contributed by atoms with Gasteiger partial charge in [0.1, 0.15) is 5.82 Å². The molecule has 156 valence electrons. The second-order valence-electron chi connectivity index (χ2n) is 6.04. The van der Waals surface area contributed by atoms with Crippen LogP contribution in [0.4, 0.5) is 14.6 Å². The topological polar surface area (TPSA) is 63.7 Å². The molecule has 1 heterocycles. The highest BCUT2D eigenvalue weighted by Gasteiger charge is 2.10. The van der Waals surface area contributed by atoms with Gasteiger partial charge in [0.15, 0.2) is 11.5 Å². The van der Waals surface area contributed by atoms with E-state index in [0.717, 1.165) is 24.5 Å². The summed E-state index contributed by atoms with van der Waals surface area (Å²) >= 11 is 0. The van der Waals surface area contributed by atoms with E-state index in [0.29, 0.717) is 12.1 Å². The van der Waals surface area contributed by atoms with Crippen LogP contribution in [0.1, 0.15) is 25.0 Å². The molecule has 0 unspecified atom stereocenters. The molecule has 2 rings (SSSR count). The van der Waals surface area contributed by atoms with Crippen molar-refractivity contribution < 1.29 is 23.0 Å². The Morgan fingerprint density at radius 3 is 2.55 bits per heavy atom. The number of hydrogen-bond donors (Lipinski definition) is 1. The summed E-state index contributed by atoms with van der Waals surface area (Å²) in [5.74, 6) is 0.708. The Kier molecular flexibility index (Phi) is 8.39. The van der Waals surface area contributed by atoms with E-state index in [-0.39, 0.29) is 17.4 Å². The molecular weight excluding hydrogens is 380 g/mol. The fourth-order valence-electron chi connectivity index (χ4n) is 2.66. The van der Waals surface area contributed by atoms with Gasteiger partial charge in [0, 0.05) is 31.9 Å². The smallest absolute Gasteiger partial charge is 0.387 e. The zero-order chi connectivity index (χ0) is 21.2. The van der Waals surface area contributed by atoms with Crippen LogP contribution in [0.2, 0.25) is 0 Å². The summed E-state index contributed by atoms with van der Waals surface area (Å²) in [6.07, 6.45) is 4.66. The monoisotopic (exact) mass is 405 g/mol. The number of carbonyl (C=O) groups is 1. The van der Waals surface area contributed by atoms with Gasteiger partial charge in [-0.2, -0.15) is 8.78 Å². The molecule has 0 saturated carbocycles. The van der Waals surface area contributed by atoms with Crippen LogP contribution >= 0.6 is 0 Å². The minimum absolute atomic E-state index is 0.0650. The van der Waals surface area contributed by atoms with Crippen LogP contribution in [0.3, 0.4) is 0 Å². The molecule has 6 nitrogen and oxygen atoms in total. The van der Waals surface area contributed by atoms with E-state index >= 15 is 0 Å². The average molecular weight is 405 g/mol. The molecule has 1 aromatic heterocycles. The van der Waals surface area contributed by atoms with Gasteiger partial charge in [-0.25, -0.2) is 4.98 Å². The molecule has 0 atom stereocenters. The number of nitrogens with zero attached hydrogens (tertiary/aromatic N) is 2. The largest absolute Gasteiger partial charge is 0.493 e. The molecule has 29 heavy (non-hydrogen) atoms. The average Bonchev–Trinajstić information content (AvgIpc) is 2.72. The van der Waals surface area contributed by atoms with E-state index in [2.05, 4.69) is 33.8 Å². The second kappa shape index (κ2) is 11.0. The van der Waals surface area contributed by atoms with Gasteiger partial charge in [0.25, 0.3) is 0 Å². The Morgan fingerprint density at radius 1 is 1.21 bits per heavy atom. The van der Waals surface area contributed by atoms with Crippen LogP contribution in [0, 0.1) is 0 Å². The summed E-state index contributed by atoms with van der Waals surface area (Å²) in [4.78, 5) is 18.6. The quantitative estimate of drug-likeness (QED) is 0.608. The van der Waals surface area contributed by atoms with Crippen LogP contribution in [0.15, 0.2) is 42.6 Å². The van der Waals surface area contributed by atoms with Crippen molar-refractivity contribution in [2.75, 3.05) is 25.1 Å². The Bertz CT molecular complexity index is 822.